The summed E-state index contributed by atoms with van der Waals surface area (Å²) in [4.78, 5) is 14.4. The third-order valence-corrected chi connectivity index (χ3v) is 4.93. The van der Waals surface area contributed by atoms with Gasteiger partial charge in [0.2, 0.25) is 0 Å². The van der Waals surface area contributed by atoms with Crippen LogP contribution in [0, 0.1) is 0 Å². The zero-order valence-corrected chi connectivity index (χ0v) is 13.5. The molecule has 0 aliphatic carbocycles. The normalized spacial score (nSPS) is 18.7. The monoisotopic (exact) mass is 306 g/mol. The molecule has 1 N–H and O–H groups in total. The summed E-state index contributed by atoms with van der Waals surface area (Å²) >= 11 is 0. The third kappa shape index (κ3) is 2.99. The number of likely N-dealkylation sites (tertiary alicyclic amines) is 1. The van der Waals surface area contributed by atoms with Crippen LogP contribution >= 0.6 is 0 Å². The van der Waals surface area contributed by atoms with Gasteiger partial charge < -0.3 is 9.88 Å². The topological polar surface area (TPSA) is 44.8 Å². The fourth-order valence-electron chi connectivity index (χ4n) is 3.54. The van der Waals surface area contributed by atoms with Crippen LogP contribution in [-0.2, 0) is 6.42 Å². The van der Waals surface area contributed by atoms with Crippen LogP contribution in [0.3, 0.4) is 0 Å². The molecule has 4 nitrogen and oxygen atoms in total. The Kier molecular flexibility index (Phi) is 3.83. The van der Waals surface area contributed by atoms with Crippen molar-refractivity contribution in [2.75, 3.05) is 13.1 Å². The van der Waals surface area contributed by atoms with Crippen molar-refractivity contribution in [1.29, 1.82) is 0 Å². The van der Waals surface area contributed by atoms with E-state index in [-0.39, 0.29) is 0 Å². The zero-order chi connectivity index (χ0) is 15.6. The summed E-state index contributed by atoms with van der Waals surface area (Å²) in [5.74, 6) is 0. The highest BCUT2D eigenvalue weighted by atomic mass is 15.2. The molecule has 23 heavy (non-hydrogen) atoms. The van der Waals surface area contributed by atoms with E-state index in [1.54, 1.807) is 6.33 Å². The minimum absolute atomic E-state index is 0.740. The lowest BCUT2D eigenvalue weighted by molar-refractivity contribution is 0.271. The van der Waals surface area contributed by atoms with Gasteiger partial charge in [0.25, 0.3) is 0 Å². The second kappa shape index (κ2) is 6.13. The van der Waals surface area contributed by atoms with Crippen LogP contribution in [0.1, 0.15) is 25.5 Å². The van der Waals surface area contributed by atoms with Gasteiger partial charge in [-0.15, -0.1) is 0 Å². The van der Waals surface area contributed by atoms with Crippen LogP contribution < -0.4 is 0 Å². The molecular formula is C19H22N4. The molecule has 1 atom stereocenters. The first-order chi connectivity index (χ1) is 11.3. The molecule has 1 saturated heterocycles. The van der Waals surface area contributed by atoms with E-state index in [0.29, 0.717) is 0 Å². The molecule has 4 heteroatoms. The standard InChI is InChI=1S/C19H22N4/c1-14-3-2-7-23(14)8-6-18-10-16-9-15(4-5-19(16)22-18)17-11-20-13-21-12-17/h4-5,9-14,22H,2-3,6-8H2,1H3. The van der Waals surface area contributed by atoms with Gasteiger partial charge >= 0.3 is 0 Å². The van der Waals surface area contributed by atoms with E-state index in [4.69, 9.17) is 0 Å². The molecule has 0 spiro atoms. The van der Waals surface area contributed by atoms with Crippen molar-refractivity contribution in [2.24, 2.45) is 0 Å². The van der Waals surface area contributed by atoms with Crippen molar-refractivity contribution in [2.45, 2.75) is 32.2 Å². The molecule has 3 aromatic rings. The van der Waals surface area contributed by atoms with Crippen LogP contribution in [0.15, 0.2) is 43.0 Å². The molecule has 0 amide bonds. The molecule has 2 aromatic heterocycles. The van der Waals surface area contributed by atoms with Gasteiger partial charge in [0.05, 0.1) is 0 Å². The lowest BCUT2D eigenvalue weighted by Gasteiger charge is -2.20. The molecule has 1 aromatic carbocycles. The van der Waals surface area contributed by atoms with Crippen molar-refractivity contribution in [3.8, 4) is 11.1 Å². The molecule has 1 aliphatic heterocycles. The lowest BCUT2D eigenvalue weighted by Crippen LogP contribution is -2.29. The summed E-state index contributed by atoms with van der Waals surface area (Å²) in [7, 11) is 0. The van der Waals surface area contributed by atoms with Crippen molar-refractivity contribution in [1.82, 2.24) is 19.9 Å². The van der Waals surface area contributed by atoms with Crippen LogP contribution in [0.2, 0.25) is 0 Å². The average Bonchev–Trinajstić information content (AvgIpc) is 3.18. The van der Waals surface area contributed by atoms with Crippen LogP contribution in [0.4, 0.5) is 0 Å². The zero-order valence-electron chi connectivity index (χ0n) is 13.5. The van der Waals surface area contributed by atoms with Gasteiger partial charge in [-0.3, -0.25) is 0 Å². The second-order valence-corrected chi connectivity index (χ2v) is 6.50. The number of rotatable bonds is 4. The number of aromatic amines is 1. The maximum atomic E-state index is 4.10. The fourth-order valence-corrected chi connectivity index (χ4v) is 3.54. The minimum atomic E-state index is 0.740. The Morgan fingerprint density at radius 2 is 2.04 bits per heavy atom. The molecule has 0 bridgehead atoms. The molecule has 4 rings (SSSR count). The van der Waals surface area contributed by atoms with Crippen molar-refractivity contribution in [3.05, 3.63) is 48.7 Å². The lowest BCUT2D eigenvalue weighted by atomic mass is 10.1. The van der Waals surface area contributed by atoms with Crippen LogP contribution in [0.25, 0.3) is 22.0 Å². The van der Waals surface area contributed by atoms with Crippen LogP contribution in [0.5, 0.6) is 0 Å². The Hall–Kier alpha value is -2.20. The highest BCUT2D eigenvalue weighted by Gasteiger charge is 2.19. The molecule has 3 heterocycles. The average molecular weight is 306 g/mol. The van der Waals surface area contributed by atoms with Crippen LogP contribution in [-0.4, -0.2) is 39.0 Å². The van der Waals surface area contributed by atoms with Crippen molar-refractivity contribution < 1.29 is 0 Å². The Labute approximate surface area is 136 Å². The predicted octanol–water partition coefficient (Wildman–Crippen LogP) is 3.65. The molecule has 0 radical (unpaired) electrons. The van der Waals surface area contributed by atoms with Crippen molar-refractivity contribution in [3.63, 3.8) is 0 Å². The highest BCUT2D eigenvalue weighted by molar-refractivity contribution is 5.85. The van der Waals surface area contributed by atoms with E-state index in [1.807, 2.05) is 12.4 Å². The summed E-state index contributed by atoms with van der Waals surface area (Å²) < 4.78 is 0. The van der Waals surface area contributed by atoms with Gasteiger partial charge in [0.15, 0.2) is 0 Å². The number of aromatic nitrogens is 3. The minimum Gasteiger partial charge on any atom is -0.358 e. The maximum absolute atomic E-state index is 4.10. The first kappa shape index (κ1) is 14.4. The van der Waals surface area contributed by atoms with Crippen molar-refractivity contribution >= 4 is 10.9 Å². The number of nitrogens with zero attached hydrogens (tertiary/aromatic N) is 3. The summed E-state index contributed by atoms with van der Waals surface area (Å²) in [6, 6.07) is 9.52. The number of benzene rings is 1. The molecule has 1 fully saturated rings. The summed E-state index contributed by atoms with van der Waals surface area (Å²) in [6.45, 7) is 4.74. The SMILES string of the molecule is CC1CCCN1CCc1cc2cc(-c3cncnc3)ccc2[nH]1. The maximum Gasteiger partial charge on any atom is 0.115 e. The molecule has 1 aliphatic rings. The summed E-state index contributed by atoms with van der Waals surface area (Å²) in [5.41, 5.74) is 4.75. The first-order valence-corrected chi connectivity index (χ1v) is 8.41. The third-order valence-electron chi connectivity index (χ3n) is 4.93. The molecular weight excluding hydrogens is 284 g/mol. The Morgan fingerprint density at radius 1 is 1.17 bits per heavy atom. The quantitative estimate of drug-likeness (QED) is 0.800. The van der Waals surface area contributed by atoms with E-state index in [1.165, 1.54) is 36.0 Å². The summed E-state index contributed by atoms with van der Waals surface area (Å²) in [5, 5.41) is 1.26. The summed E-state index contributed by atoms with van der Waals surface area (Å²) in [6.07, 6.45) is 9.05. The molecule has 1 unspecified atom stereocenters. The van der Waals surface area contributed by atoms with Gasteiger partial charge in [0.1, 0.15) is 6.33 Å². The van der Waals surface area contributed by atoms with Gasteiger partial charge in [-0.25, -0.2) is 9.97 Å². The Balaban J connectivity index is 1.54. The molecule has 118 valence electrons. The Morgan fingerprint density at radius 3 is 2.83 bits per heavy atom. The van der Waals surface area contributed by atoms with Gasteiger partial charge in [-0.1, -0.05) is 6.07 Å². The van der Waals surface area contributed by atoms with Gasteiger partial charge in [-0.05, 0) is 50.1 Å². The first-order valence-electron chi connectivity index (χ1n) is 8.41. The number of H-pyrrole nitrogens is 1. The Bertz CT molecular complexity index is 793. The fraction of sp³-hybridized carbons (Fsp3) is 0.368. The number of hydrogen-bond donors (Lipinski definition) is 1. The van der Waals surface area contributed by atoms with E-state index >= 15 is 0 Å². The smallest absolute Gasteiger partial charge is 0.115 e. The van der Waals surface area contributed by atoms with E-state index in [9.17, 15) is 0 Å². The van der Waals surface area contributed by atoms with E-state index in [2.05, 4.69) is 51.0 Å². The number of nitrogens with one attached hydrogen (secondary N) is 1. The van der Waals surface area contributed by atoms with Gasteiger partial charge in [0, 0.05) is 53.6 Å². The van der Waals surface area contributed by atoms with Gasteiger partial charge in [-0.2, -0.15) is 0 Å². The molecule has 0 saturated carbocycles. The highest BCUT2D eigenvalue weighted by Crippen LogP contribution is 2.24. The largest absolute Gasteiger partial charge is 0.358 e. The number of fused-ring (bicyclic) bond motifs is 1. The second-order valence-electron chi connectivity index (χ2n) is 6.50. The number of hydrogen-bond acceptors (Lipinski definition) is 3. The van der Waals surface area contributed by atoms with E-state index < -0.39 is 0 Å². The van der Waals surface area contributed by atoms with E-state index in [0.717, 1.165) is 30.1 Å². The predicted molar refractivity (Wildman–Crippen MR) is 93.3 cm³/mol.